The number of Topliss-reactive ketones (excluding diaryl/α,β-unsaturated/α-hetero) is 1. The topological polar surface area (TPSA) is 42.9 Å². The van der Waals surface area contributed by atoms with Gasteiger partial charge >= 0.3 is 0 Å². The summed E-state index contributed by atoms with van der Waals surface area (Å²) in [5, 5.41) is 0. The molecular formula is C15H16N2O. The van der Waals surface area contributed by atoms with Crippen LogP contribution in [-0.2, 0) is 6.42 Å². The fourth-order valence-electron chi connectivity index (χ4n) is 1.81. The minimum Gasteiger partial charge on any atom is -0.294 e. The van der Waals surface area contributed by atoms with Gasteiger partial charge in [-0.15, -0.1) is 0 Å². The van der Waals surface area contributed by atoms with Crippen molar-refractivity contribution in [2.75, 3.05) is 0 Å². The highest BCUT2D eigenvalue weighted by Gasteiger charge is 2.11. The summed E-state index contributed by atoms with van der Waals surface area (Å²) in [5.74, 6) is 0.0799. The van der Waals surface area contributed by atoms with Crippen molar-refractivity contribution in [1.29, 1.82) is 0 Å². The normalized spacial score (nSPS) is 10.4. The van der Waals surface area contributed by atoms with Crippen LogP contribution >= 0.6 is 0 Å². The molecule has 18 heavy (non-hydrogen) atoms. The van der Waals surface area contributed by atoms with Gasteiger partial charge in [0.25, 0.3) is 0 Å². The molecule has 0 fully saturated rings. The van der Waals surface area contributed by atoms with E-state index in [-0.39, 0.29) is 5.78 Å². The molecule has 0 radical (unpaired) electrons. The van der Waals surface area contributed by atoms with E-state index in [4.69, 9.17) is 0 Å². The first kappa shape index (κ1) is 12.4. The highest BCUT2D eigenvalue weighted by Crippen LogP contribution is 2.11. The van der Waals surface area contributed by atoms with Gasteiger partial charge < -0.3 is 0 Å². The second kappa shape index (κ2) is 5.08. The summed E-state index contributed by atoms with van der Waals surface area (Å²) in [4.78, 5) is 21.0. The van der Waals surface area contributed by atoms with Crippen molar-refractivity contribution in [3.05, 3.63) is 58.7 Å². The molecule has 0 spiro atoms. The number of benzene rings is 1. The quantitative estimate of drug-likeness (QED) is 0.775. The van der Waals surface area contributed by atoms with E-state index in [1.165, 1.54) is 0 Å². The van der Waals surface area contributed by atoms with Crippen LogP contribution in [0.15, 0.2) is 30.3 Å². The number of nitrogens with zero attached hydrogens (tertiary/aromatic N) is 2. The van der Waals surface area contributed by atoms with E-state index < -0.39 is 0 Å². The number of aryl methyl sites for hydroxylation is 3. The van der Waals surface area contributed by atoms with Gasteiger partial charge in [0.15, 0.2) is 5.78 Å². The lowest BCUT2D eigenvalue weighted by molar-refractivity contribution is 0.0991. The van der Waals surface area contributed by atoms with E-state index in [1.807, 2.05) is 51.1 Å². The van der Waals surface area contributed by atoms with E-state index in [0.29, 0.717) is 6.42 Å². The molecule has 0 bridgehead atoms. The molecule has 1 heterocycles. The van der Waals surface area contributed by atoms with Crippen molar-refractivity contribution in [3.8, 4) is 0 Å². The van der Waals surface area contributed by atoms with Crippen molar-refractivity contribution in [2.24, 2.45) is 0 Å². The molecule has 0 aliphatic heterocycles. The minimum atomic E-state index is 0.0799. The zero-order chi connectivity index (χ0) is 13.1. The highest BCUT2D eigenvalue weighted by molar-refractivity contribution is 5.97. The zero-order valence-electron chi connectivity index (χ0n) is 10.9. The lowest BCUT2D eigenvalue weighted by Gasteiger charge is -2.07. The van der Waals surface area contributed by atoms with Crippen LogP contribution in [0.25, 0.3) is 0 Å². The Morgan fingerprint density at radius 1 is 0.944 bits per heavy atom. The predicted octanol–water partition coefficient (Wildman–Crippen LogP) is 2.83. The van der Waals surface area contributed by atoms with Crippen molar-refractivity contribution in [2.45, 2.75) is 27.2 Å². The molecule has 1 aromatic carbocycles. The fraction of sp³-hybridized carbons (Fsp3) is 0.267. The van der Waals surface area contributed by atoms with Crippen LogP contribution in [0.5, 0.6) is 0 Å². The molecule has 0 atom stereocenters. The van der Waals surface area contributed by atoms with Gasteiger partial charge in [0.1, 0.15) is 0 Å². The number of hydrogen-bond acceptors (Lipinski definition) is 3. The van der Waals surface area contributed by atoms with Gasteiger partial charge in [-0.3, -0.25) is 14.8 Å². The van der Waals surface area contributed by atoms with E-state index in [2.05, 4.69) is 9.97 Å². The van der Waals surface area contributed by atoms with Crippen molar-refractivity contribution in [1.82, 2.24) is 9.97 Å². The summed E-state index contributed by atoms with van der Waals surface area (Å²) >= 11 is 0. The van der Waals surface area contributed by atoms with Crippen LogP contribution in [0.4, 0.5) is 0 Å². The molecule has 2 aromatic rings. The largest absolute Gasteiger partial charge is 0.294 e. The predicted molar refractivity (Wildman–Crippen MR) is 70.7 cm³/mol. The first-order chi connectivity index (χ1) is 8.58. The molecule has 3 nitrogen and oxygen atoms in total. The lowest BCUT2D eigenvalue weighted by Crippen LogP contribution is -2.09. The molecule has 92 valence electrons. The molecule has 0 unspecified atom stereocenters. The fourth-order valence-corrected chi connectivity index (χ4v) is 1.81. The summed E-state index contributed by atoms with van der Waals surface area (Å²) in [6, 6.07) is 9.29. The van der Waals surface area contributed by atoms with Crippen LogP contribution in [-0.4, -0.2) is 15.8 Å². The molecule has 1 aromatic heterocycles. The Morgan fingerprint density at radius 3 is 2.22 bits per heavy atom. The van der Waals surface area contributed by atoms with Gasteiger partial charge in [0.05, 0.1) is 29.2 Å². The third kappa shape index (κ3) is 2.62. The third-order valence-electron chi connectivity index (χ3n) is 3.00. The number of aromatic nitrogens is 2. The molecule has 0 saturated carbocycles. The number of ketones is 1. The van der Waals surface area contributed by atoms with Gasteiger partial charge in [0.2, 0.25) is 0 Å². The Labute approximate surface area is 107 Å². The zero-order valence-corrected chi connectivity index (χ0v) is 10.9. The Kier molecular flexibility index (Phi) is 3.51. The smallest absolute Gasteiger partial charge is 0.168 e. The maximum Gasteiger partial charge on any atom is 0.168 e. The summed E-state index contributed by atoms with van der Waals surface area (Å²) < 4.78 is 0. The molecule has 0 amide bonds. The Hall–Kier alpha value is -2.03. The molecule has 2 rings (SSSR count). The Bertz CT molecular complexity index is 577. The van der Waals surface area contributed by atoms with Crippen molar-refractivity contribution >= 4 is 5.78 Å². The maximum absolute atomic E-state index is 12.1. The summed E-state index contributed by atoms with van der Waals surface area (Å²) in [6.07, 6.45) is 0.309. The van der Waals surface area contributed by atoms with Crippen LogP contribution in [0.3, 0.4) is 0 Å². The van der Waals surface area contributed by atoms with E-state index >= 15 is 0 Å². The summed E-state index contributed by atoms with van der Waals surface area (Å²) in [7, 11) is 0. The third-order valence-corrected chi connectivity index (χ3v) is 3.00. The van der Waals surface area contributed by atoms with Gasteiger partial charge in [-0.1, -0.05) is 30.3 Å². The SMILES string of the molecule is Cc1nc(C)c(CC(=O)c2ccccc2)nc1C. The van der Waals surface area contributed by atoms with Crippen molar-refractivity contribution in [3.63, 3.8) is 0 Å². The van der Waals surface area contributed by atoms with Gasteiger partial charge in [-0.25, -0.2) is 0 Å². The lowest BCUT2D eigenvalue weighted by atomic mass is 10.1. The standard InChI is InChI=1S/C15H16N2O/c1-10-11(2)17-14(12(3)16-10)9-15(18)13-7-5-4-6-8-13/h4-8H,9H2,1-3H3. The minimum absolute atomic E-state index is 0.0799. The second-order valence-corrected chi connectivity index (χ2v) is 4.39. The van der Waals surface area contributed by atoms with Crippen LogP contribution in [0.2, 0.25) is 0 Å². The maximum atomic E-state index is 12.1. The van der Waals surface area contributed by atoms with E-state index in [0.717, 1.165) is 28.3 Å². The van der Waals surface area contributed by atoms with Crippen molar-refractivity contribution < 1.29 is 4.79 Å². The van der Waals surface area contributed by atoms with E-state index in [9.17, 15) is 4.79 Å². The average Bonchev–Trinajstić information content (AvgIpc) is 2.37. The van der Waals surface area contributed by atoms with Gasteiger partial charge in [-0.2, -0.15) is 0 Å². The summed E-state index contributed by atoms with van der Waals surface area (Å²) in [5.41, 5.74) is 4.13. The first-order valence-electron chi connectivity index (χ1n) is 5.97. The number of carbonyl (C=O) groups excluding carboxylic acids is 1. The molecule has 3 heteroatoms. The monoisotopic (exact) mass is 240 g/mol. The van der Waals surface area contributed by atoms with Crippen LogP contribution < -0.4 is 0 Å². The average molecular weight is 240 g/mol. The van der Waals surface area contributed by atoms with Gasteiger partial charge in [-0.05, 0) is 20.8 Å². The second-order valence-electron chi connectivity index (χ2n) is 4.39. The Balaban J connectivity index is 2.25. The van der Waals surface area contributed by atoms with Crippen LogP contribution in [0.1, 0.15) is 33.1 Å². The molecule has 0 aliphatic carbocycles. The number of rotatable bonds is 3. The number of carbonyl (C=O) groups is 1. The number of hydrogen-bond donors (Lipinski definition) is 0. The molecule has 0 saturated heterocycles. The highest BCUT2D eigenvalue weighted by atomic mass is 16.1. The molecule has 0 aliphatic rings. The van der Waals surface area contributed by atoms with E-state index in [1.54, 1.807) is 0 Å². The van der Waals surface area contributed by atoms with Crippen LogP contribution in [0, 0.1) is 20.8 Å². The van der Waals surface area contributed by atoms with Gasteiger partial charge in [0, 0.05) is 5.56 Å². The molecular weight excluding hydrogens is 224 g/mol. The molecule has 0 N–H and O–H groups in total. The Morgan fingerprint density at radius 2 is 1.56 bits per heavy atom. The first-order valence-corrected chi connectivity index (χ1v) is 5.97. The summed E-state index contributed by atoms with van der Waals surface area (Å²) in [6.45, 7) is 5.74.